The monoisotopic (exact) mass is 323 g/mol. The van der Waals surface area contributed by atoms with Crippen LogP contribution in [0.25, 0.3) is 0 Å². The van der Waals surface area contributed by atoms with E-state index in [9.17, 15) is 0 Å². The maximum absolute atomic E-state index is 7.45. The van der Waals surface area contributed by atoms with Crippen molar-refractivity contribution in [2.45, 2.75) is 19.9 Å². The van der Waals surface area contributed by atoms with Crippen LogP contribution in [-0.2, 0) is 0 Å². The quantitative estimate of drug-likeness (QED) is 0.577. The molecule has 0 bridgehead atoms. The molecule has 0 unspecified atom stereocenters. The van der Waals surface area contributed by atoms with Gasteiger partial charge < -0.3 is 11.5 Å². The van der Waals surface area contributed by atoms with Gasteiger partial charge in [0.25, 0.3) is 0 Å². The first kappa shape index (κ1) is 17.8. The minimum Gasteiger partial charge on any atom is -0.370 e. The number of guanidine groups is 2. The molecule has 0 saturated heterocycles. The van der Waals surface area contributed by atoms with E-state index in [4.69, 9.17) is 40.1 Å². The molecule has 19 heavy (non-hydrogen) atoms. The van der Waals surface area contributed by atoms with Gasteiger partial charge in [-0.25, -0.2) is 4.99 Å². The van der Waals surface area contributed by atoms with E-state index in [1.54, 1.807) is 18.2 Å². The van der Waals surface area contributed by atoms with Gasteiger partial charge in [-0.1, -0.05) is 23.2 Å². The molecule has 0 fully saturated rings. The highest BCUT2D eigenvalue weighted by Gasteiger charge is 2.15. The Hall–Kier alpha value is -1.17. The Bertz CT molecular complexity index is 487. The van der Waals surface area contributed by atoms with E-state index in [1.165, 1.54) is 4.90 Å². The Morgan fingerprint density at radius 1 is 1.26 bits per heavy atom. The molecule has 0 atom stereocenters. The summed E-state index contributed by atoms with van der Waals surface area (Å²) in [6.45, 7) is 3.72. The topological polar surface area (TPSA) is 91.5 Å². The van der Waals surface area contributed by atoms with Crippen LogP contribution < -0.4 is 11.5 Å². The second-order valence-corrected chi connectivity index (χ2v) is 4.73. The van der Waals surface area contributed by atoms with E-state index in [2.05, 4.69) is 4.99 Å². The van der Waals surface area contributed by atoms with Gasteiger partial charge in [-0.2, -0.15) is 0 Å². The van der Waals surface area contributed by atoms with Gasteiger partial charge in [0, 0.05) is 6.04 Å². The van der Waals surface area contributed by atoms with Crippen LogP contribution >= 0.6 is 35.6 Å². The molecule has 1 aromatic rings. The van der Waals surface area contributed by atoms with Crippen LogP contribution in [-0.4, -0.2) is 22.9 Å². The van der Waals surface area contributed by atoms with Crippen molar-refractivity contribution in [3.63, 3.8) is 0 Å². The molecule has 1 aromatic carbocycles. The maximum Gasteiger partial charge on any atom is 0.203 e. The summed E-state index contributed by atoms with van der Waals surface area (Å²) in [7, 11) is 0. The highest BCUT2D eigenvalue weighted by molar-refractivity contribution is 6.42. The van der Waals surface area contributed by atoms with E-state index in [0.29, 0.717) is 15.7 Å². The highest BCUT2D eigenvalue weighted by Crippen LogP contribution is 2.26. The van der Waals surface area contributed by atoms with Crippen molar-refractivity contribution in [3.05, 3.63) is 28.2 Å². The SMILES string of the molecule is CC(C)N(C(=N)N)C(N)=Nc1ccc(Cl)c(Cl)c1.Cl. The van der Waals surface area contributed by atoms with E-state index in [0.717, 1.165) is 0 Å². The molecule has 106 valence electrons. The highest BCUT2D eigenvalue weighted by atomic mass is 35.5. The zero-order valence-electron chi connectivity index (χ0n) is 10.5. The van der Waals surface area contributed by atoms with Crippen molar-refractivity contribution in [2.24, 2.45) is 16.5 Å². The second kappa shape index (κ2) is 7.43. The van der Waals surface area contributed by atoms with Crippen molar-refractivity contribution in [1.82, 2.24) is 4.90 Å². The van der Waals surface area contributed by atoms with Crippen LogP contribution in [0.15, 0.2) is 23.2 Å². The summed E-state index contributed by atoms with van der Waals surface area (Å²) in [5.74, 6) is -0.0257. The van der Waals surface area contributed by atoms with Crippen LogP contribution in [0.4, 0.5) is 5.69 Å². The molecule has 0 radical (unpaired) electrons. The Morgan fingerprint density at radius 2 is 1.84 bits per heavy atom. The number of nitrogens with zero attached hydrogens (tertiary/aromatic N) is 2. The standard InChI is InChI=1S/C11H15Cl2N5.ClH/c1-6(2)18(10(14)15)11(16)17-7-3-4-8(12)9(13)5-7;/h3-6H,1-2H3,(H3,14,15)(H2,16,17);1H. The first-order chi connectivity index (χ1) is 8.32. The minimum absolute atomic E-state index is 0. The third-order valence-corrected chi connectivity index (χ3v) is 2.91. The molecule has 5 N–H and O–H groups in total. The van der Waals surface area contributed by atoms with Crippen molar-refractivity contribution in [1.29, 1.82) is 5.41 Å². The molecule has 0 saturated carbocycles. The zero-order valence-corrected chi connectivity index (χ0v) is 12.9. The zero-order chi connectivity index (χ0) is 13.9. The average molecular weight is 325 g/mol. The van der Waals surface area contributed by atoms with Gasteiger partial charge in [-0.3, -0.25) is 10.3 Å². The molecule has 0 amide bonds. The molecule has 0 heterocycles. The molecule has 0 spiro atoms. The van der Waals surface area contributed by atoms with E-state index in [-0.39, 0.29) is 30.4 Å². The van der Waals surface area contributed by atoms with Crippen molar-refractivity contribution in [2.75, 3.05) is 0 Å². The van der Waals surface area contributed by atoms with Gasteiger partial charge in [0.2, 0.25) is 5.96 Å². The predicted octanol–water partition coefficient (Wildman–Crippen LogP) is 2.97. The van der Waals surface area contributed by atoms with Gasteiger partial charge in [0.1, 0.15) is 0 Å². The number of benzene rings is 1. The Balaban J connectivity index is 0.00000324. The summed E-state index contributed by atoms with van der Waals surface area (Å²) in [5.41, 5.74) is 11.8. The summed E-state index contributed by atoms with van der Waals surface area (Å²) in [4.78, 5) is 5.57. The summed E-state index contributed by atoms with van der Waals surface area (Å²) in [6, 6.07) is 4.84. The Kier molecular flexibility index (Phi) is 6.97. The number of aliphatic imine (C=N–C) groups is 1. The van der Waals surface area contributed by atoms with E-state index < -0.39 is 0 Å². The molecular weight excluding hydrogens is 309 g/mol. The van der Waals surface area contributed by atoms with Gasteiger partial charge in [0.05, 0.1) is 15.7 Å². The van der Waals surface area contributed by atoms with Crippen LogP contribution in [0.5, 0.6) is 0 Å². The smallest absolute Gasteiger partial charge is 0.203 e. The van der Waals surface area contributed by atoms with Crippen molar-refractivity contribution in [3.8, 4) is 0 Å². The summed E-state index contributed by atoms with van der Waals surface area (Å²) < 4.78 is 0. The van der Waals surface area contributed by atoms with Crippen LogP contribution in [0.1, 0.15) is 13.8 Å². The average Bonchev–Trinajstić information content (AvgIpc) is 2.22. The van der Waals surface area contributed by atoms with Gasteiger partial charge in [-0.15, -0.1) is 12.4 Å². The molecule has 8 heteroatoms. The first-order valence-corrected chi connectivity index (χ1v) is 6.01. The van der Waals surface area contributed by atoms with Gasteiger partial charge in [-0.05, 0) is 32.0 Å². The summed E-state index contributed by atoms with van der Waals surface area (Å²) in [5, 5.41) is 8.29. The lowest BCUT2D eigenvalue weighted by molar-refractivity contribution is 0.488. The number of hydrogen-bond acceptors (Lipinski definition) is 2. The lowest BCUT2D eigenvalue weighted by Gasteiger charge is -2.25. The van der Waals surface area contributed by atoms with Gasteiger partial charge >= 0.3 is 0 Å². The second-order valence-electron chi connectivity index (χ2n) is 3.92. The molecule has 0 aliphatic carbocycles. The Labute approximate surface area is 128 Å². The summed E-state index contributed by atoms with van der Waals surface area (Å²) >= 11 is 11.7. The van der Waals surface area contributed by atoms with Crippen LogP contribution in [0.3, 0.4) is 0 Å². The lowest BCUT2D eigenvalue weighted by Crippen LogP contribution is -2.49. The van der Waals surface area contributed by atoms with E-state index >= 15 is 0 Å². The fourth-order valence-corrected chi connectivity index (χ4v) is 1.70. The lowest BCUT2D eigenvalue weighted by atomic mass is 10.3. The largest absolute Gasteiger partial charge is 0.370 e. The first-order valence-electron chi connectivity index (χ1n) is 5.25. The third-order valence-electron chi connectivity index (χ3n) is 2.17. The molecule has 1 rings (SSSR count). The molecule has 5 nitrogen and oxygen atoms in total. The minimum atomic E-state index is -0.161. The van der Waals surface area contributed by atoms with Crippen LogP contribution in [0.2, 0.25) is 10.0 Å². The predicted molar refractivity (Wildman–Crippen MR) is 83.9 cm³/mol. The summed E-state index contributed by atoms with van der Waals surface area (Å²) in [6.07, 6.45) is 0. The number of halogens is 3. The molecular formula is C11H16Cl3N5. The molecule has 0 aromatic heterocycles. The number of nitrogens with one attached hydrogen (secondary N) is 1. The van der Waals surface area contributed by atoms with Crippen molar-refractivity contribution < 1.29 is 0 Å². The number of nitrogens with two attached hydrogens (primary N) is 2. The normalized spacial score (nSPS) is 11.1. The maximum atomic E-state index is 7.45. The Morgan fingerprint density at radius 3 is 2.26 bits per heavy atom. The van der Waals surface area contributed by atoms with E-state index in [1.807, 2.05) is 13.8 Å². The van der Waals surface area contributed by atoms with Crippen molar-refractivity contribution >= 4 is 53.2 Å². The fraction of sp³-hybridized carbons (Fsp3) is 0.273. The fourth-order valence-electron chi connectivity index (χ4n) is 1.41. The van der Waals surface area contributed by atoms with Gasteiger partial charge in [0.15, 0.2) is 5.96 Å². The molecule has 0 aliphatic rings. The number of hydrogen-bond donors (Lipinski definition) is 3. The number of rotatable bonds is 2. The van der Waals surface area contributed by atoms with Crippen LogP contribution in [0, 0.1) is 5.41 Å². The molecule has 0 aliphatic heterocycles. The third kappa shape index (κ3) is 4.78.